The molecule has 0 saturated carbocycles. The van der Waals surface area contributed by atoms with Crippen molar-refractivity contribution in [1.82, 2.24) is 5.32 Å². The second kappa shape index (κ2) is 7.65. The zero-order chi connectivity index (χ0) is 19.4. The maximum Gasteiger partial charge on any atom is 0.430 e. The number of hydrogen-bond donors (Lipinski definition) is 2. The Kier molecular flexibility index (Phi) is 5.76. The van der Waals surface area contributed by atoms with Gasteiger partial charge in [-0.05, 0) is 18.2 Å². The third kappa shape index (κ3) is 3.75. The zero-order valence-corrected chi connectivity index (χ0v) is 14.1. The van der Waals surface area contributed by atoms with Crippen LogP contribution in [0.5, 0.6) is 11.5 Å². The number of para-hydroxylation sites is 1. The van der Waals surface area contributed by atoms with Gasteiger partial charge in [0.05, 0.1) is 14.2 Å². The van der Waals surface area contributed by atoms with Crippen LogP contribution in [0.25, 0.3) is 0 Å². The standard InChI is InChI=1S/C18H18F3NO4/c1-25-14-9-7-13(8-10-14)17(24,18(19,20)21)16(23)22-11-12-5-3-4-6-15(12)26-2/h3-10,24H,11H2,1-2H3,(H,22,23). The van der Waals surface area contributed by atoms with E-state index in [0.717, 1.165) is 12.1 Å². The molecule has 140 valence electrons. The second-order valence-electron chi connectivity index (χ2n) is 5.43. The van der Waals surface area contributed by atoms with E-state index in [2.05, 4.69) is 5.32 Å². The van der Waals surface area contributed by atoms with Crippen molar-refractivity contribution < 1.29 is 32.5 Å². The molecule has 2 aromatic rings. The molecular weight excluding hydrogens is 351 g/mol. The van der Waals surface area contributed by atoms with Crippen LogP contribution in [0.2, 0.25) is 0 Å². The molecule has 0 bridgehead atoms. The fraction of sp³-hybridized carbons (Fsp3) is 0.278. The highest BCUT2D eigenvalue weighted by Gasteiger charge is 2.60. The summed E-state index contributed by atoms with van der Waals surface area (Å²) in [7, 11) is 2.76. The van der Waals surface area contributed by atoms with Crippen molar-refractivity contribution in [2.45, 2.75) is 18.3 Å². The van der Waals surface area contributed by atoms with Crippen molar-refractivity contribution in [1.29, 1.82) is 0 Å². The van der Waals surface area contributed by atoms with Gasteiger partial charge in [-0.1, -0.05) is 30.3 Å². The Morgan fingerprint density at radius 2 is 1.65 bits per heavy atom. The lowest BCUT2D eigenvalue weighted by molar-refractivity contribution is -0.257. The average Bonchev–Trinajstić information content (AvgIpc) is 2.64. The summed E-state index contributed by atoms with van der Waals surface area (Å²) < 4.78 is 50.6. The zero-order valence-electron chi connectivity index (χ0n) is 14.1. The molecule has 1 amide bonds. The van der Waals surface area contributed by atoms with Crippen LogP contribution < -0.4 is 14.8 Å². The van der Waals surface area contributed by atoms with E-state index in [9.17, 15) is 23.1 Å². The third-order valence-electron chi connectivity index (χ3n) is 3.88. The maximum atomic E-state index is 13.5. The van der Waals surface area contributed by atoms with Crippen LogP contribution in [0.4, 0.5) is 13.2 Å². The van der Waals surface area contributed by atoms with Gasteiger partial charge in [-0.3, -0.25) is 4.79 Å². The molecule has 5 nitrogen and oxygen atoms in total. The van der Waals surface area contributed by atoms with Gasteiger partial charge in [-0.2, -0.15) is 13.2 Å². The Morgan fingerprint density at radius 3 is 2.19 bits per heavy atom. The molecule has 8 heteroatoms. The quantitative estimate of drug-likeness (QED) is 0.822. The minimum absolute atomic E-state index is 0.239. The first-order valence-corrected chi connectivity index (χ1v) is 7.58. The van der Waals surface area contributed by atoms with Crippen molar-refractivity contribution >= 4 is 5.91 Å². The number of benzene rings is 2. The highest BCUT2D eigenvalue weighted by Crippen LogP contribution is 2.39. The van der Waals surface area contributed by atoms with Crippen LogP contribution in [0.3, 0.4) is 0 Å². The molecule has 2 N–H and O–H groups in total. The number of halogens is 3. The molecule has 26 heavy (non-hydrogen) atoms. The van der Waals surface area contributed by atoms with Crippen LogP contribution in [0.15, 0.2) is 48.5 Å². The van der Waals surface area contributed by atoms with E-state index in [0.29, 0.717) is 17.1 Å². The SMILES string of the molecule is COc1ccc(C(O)(C(=O)NCc2ccccc2OC)C(F)(F)F)cc1. The van der Waals surface area contributed by atoms with Gasteiger partial charge in [-0.25, -0.2) is 0 Å². The molecular formula is C18H18F3NO4. The average molecular weight is 369 g/mol. The van der Waals surface area contributed by atoms with Crippen molar-refractivity contribution in [2.75, 3.05) is 14.2 Å². The Balaban J connectivity index is 2.29. The predicted octanol–water partition coefficient (Wildman–Crippen LogP) is 2.77. The molecule has 1 atom stereocenters. The number of nitrogens with one attached hydrogen (secondary N) is 1. The third-order valence-corrected chi connectivity index (χ3v) is 3.88. The van der Waals surface area contributed by atoms with Gasteiger partial charge in [0.1, 0.15) is 11.5 Å². The highest BCUT2D eigenvalue weighted by molar-refractivity contribution is 5.87. The van der Waals surface area contributed by atoms with E-state index in [1.54, 1.807) is 24.3 Å². The van der Waals surface area contributed by atoms with Gasteiger partial charge in [-0.15, -0.1) is 0 Å². The van der Waals surface area contributed by atoms with Crippen LogP contribution >= 0.6 is 0 Å². The summed E-state index contributed by atoms with van der Waals surface area (Å²) in [5.74, 6) is -0.874. The first kappa shape index (κ1) is 19.6. The predicted molar refractivity (Wildman–Crippen MR) is 87.8 cm³/mol. The number of methoxy groups -OCH3 is 2. The maximum absolute atomic E-state index is 13.5. The number of hydrogen-bond acceptors (Lipinski definition) is 4. The van der Waals surface area contributed by atoms with Gasteiger partial charge in [0.15, 0.2) is 0 Å². The summed E-state index contributed by atoms with van der Waals surface area (Å²) in [5.41, 5.74) is -3.83. The smallest absolute Gasteiger partial charge is 0.430 e. The minimum Gasteiger partial charge on any atom is -0.497 e. The van der Waals surface area contributed by atoms with Crippen molar-refractivity contribution in [3.05, 3.63) is 59.7 Å². The molecule has 0 saturated heterocycles. The van der Waals surface area contributed by atoms with E-state index in [1.807, 2.05) is 0 Å². The number of carbonyl (C=O) groups excluding carboxylic acids is 1. The molecule has 2 rings (SSSR count). The number of rotatable bonds is 6. The monoisotopic (exact) mass is 369 g/mol. The van der Waals surface area contributed by atoms with Crippen LogP contribution in [-0.4, -0.2) is 31.4 Å². The van der Waals surface area contributed by atoms with E-state index in [1.165, 1.54) is 26.4 Å². The van der Waals surface area contributed by atoms with E-state index in [4.69, 9.17) is 9.47 Å². The normalized spacial score (nSPS) is 13.6. The summed E-state index contributed by atoms with van der Waals surface area (Å²) in [6.07, 6.45) is -5.22. The summed E-state index contributed by atoms with van der Waals surface area (Å²) >= 11 is 0. The summed E-state index contributed by atoms with van der Waals surface area (Å²) in [6, 6.07) is 11.0. The highest BCUT2D eigenvalue weighted by atomic mass is 19.4. The summed E-state index contributed by atoms with van der Waals surface area (Å²) in [4.78, 5) is 12.3. The number of alkyl halides is 3. The number of carbonyl (C=O) groups is 1. The molecule has 0 radical (unpaired) electrons. The molecule has 0 aliphatic rings. The Hall–Kier alpha value is -2.74. The summed E-state index contributed by atoms with van der Waals surface area (Å²) in [6.45, 7) is -0.239. The van der Waals surface area contributed by atoms with Crippen LogP contribution in [0.1, 0.15) is 11.1 Å². The topological polar surface area (TPSA) is 67.8 Å². The molecule has 0 aliphatic heterocycles. The molecule has 1 unspecified atom stereocenters. The van der Waals surface area contributed by atoms with Crippen molar-refractivity contribution in [3.8, 4) is 11.5 Å². The summed E-state index contributed by atoms with van der Waals surface area (Å²) in [5, 5.41) is 12.4. The van der Waals surface area contributed by atoms with Gasteiger partial charge in [0.25, 0.3) is 11.5 Å². The largest absolute Gasteiger partial charge is 0.497 e. The first-order chi connectivity index (χ1) is 12.2. The Labute approximate surface area is 148 Å². The first-order valence-electron chi connectivity index (χ1n) is 7.58. The van der Waals surface area contributed by atoms with E-state index in [-0.39, 0.29) is 6.54 Å². The Bertz CT molecular complexity index is 762. The van der Waals surface area contributed by atoms with Crippen molar-refractivity contribution in [2.24, 2.45) is 0 Å². The lowest BCUT2D eigenvalue weighted by Gasteiger charge is -2.29. The number of aliphatic hydroxyl groups is 1. The molecule has 0 spiro atoms. The minimum atomic E-state index is -5.22. The molecule has 0 aromatic heterocycles. The van der Waals surface area contributed by atoms with E-state index < -0.39 is 23.2 Å². The van der Waals surface area contributed by atoms with Gasteiger partial charge in [0, 0.05) is 17.7 Å². The lowest BCUT2D eigenvalue weighted by Crippen LogP contribution is -2.54. The molecule has 0 heterocycles. The van der Waals surface area contributed by atoms with Crippen molar-refractivity contribution in [3.63, 3.8) is 0 Å². The van der Waals surface area contributed by atoms with E-state index >= 15 is 0 Å². The fourth-order valence-corrected chi connectivity index (χ4v) is 2.41. The molecule has 2 aromatic carbocycles. The Morgan fingerprint density at radius 1 is 1.04 bits per heavy atom. The van der Waals surface area contributed by atoms with Gasteiger partial charge >= 0.3 is 6.18 Å². The second-order valence-corrected chi connectivity index (χ2v) is 5.43. The van der Waals surface area contributed by atoms with Gasteiger partial charge in [0.2, 0.25) is 0 Å². The fourth-order valence-electron chi connectivity index (χ4n) is 2.41. The van der Waals surface area contributed by atoms with Crippen LogP contribution in [0, 0.1) is 0 Å². The molecule has 0 fully saturated rings. The lowest BCUT2D eigenvalue weighted by atomic mass is 9.91. The van der Waals surface area contributed by atoms with Crippen LogP contribution in [-0.2, 0) is 16.9 Å². The number of amides is 1. The molecule has 0 aliphatic carbocycles. The number of ether oxygens (including phenoxy) is 2. The van der Waals surface area contributed by atoms with Gasteiger partial charge < -0.3 is 19.9 Å².